The van der Waals surface area contributed by atoms with E-state index in [9.17, 15) is 14.4 Å². The lowest BCUT2D eigenvalue weighted by Gasteiger charge is -2.25. The maximum absolute atomic E-state index is 13.0. The molecule has 0 spiro atoms. The molecule has 29 heavy (non-hydrogen) atoms. The Bertz CT molecular complexity index is 995. The molecule has 2 aromatic rings. The number of nitrogens with one attached hydrogen (secondary N) is 1. The zero-order valence-corrected chi connectivity index (χ0v) is 16.0. The highest BCUT2D eigenvalue weighted by molar-refractivity contribution is 6.10. The lowest BCUT2D eigenvalue weighted by atomic mass is 9.91. The predicted molar refractivity (Wildman–Crippen MR) is 108 cm³/mol. The van der Waals surface area contributed by atoms with Gasteiger partial charge in [-0.15, -0.1) is 6.58 Å². The summed E-state index contributed by atoms with van der Waals surface area (Å²) in [6, 6.07) is 16.8. The van der Waals surface area contributed by atoms with E-state index >= 15 is 0 Å². The maximum atomic E-state index is 13.0. The number of urea groups is 1. The minimum Gasteiger partial charge on any atom is -0.319 e. The number of rotatable bonds is 6. The fraction of sp³-hybridized carbons (Fsp3) is 0.182. The van der Waals surface area contributed by atoms with E-state index in [0.717, 1.165) is 4.90 Å². The molecule has 0 aliphatic carbocycles. The van der Waals surface area contributed by atoms with Crippen LogP contribution in [0.15, 0.2) is 67.3 Å². The molecule has 146 valence electrons. The fourth-order valence-corrected chi connectivity index (χ4v) is 3.22. The van der Waals surface area contributed by atoms with Crippen molar-refractivity contribution in [2.45, 2.75) is 12.5 Å². The smallest absolute Gasteiger partial charge is 0.319 e. The SMILES string of the molecule is C=CCN(C(=O)CN1C(=O)NC(C)(c2ccc(C#N)cc2)C1=O)c1ccccc1. The molecule has 0 radical (unpaired) electrons. The number of hydrogen-bond acceptors (Lipinski definition) is 4. The molecule has 1 N–H and O–H groups in total. The third-order valence-corrected chi connectivity index (χ3v) is 4.84. The molecule has 4 amide bonds. The summed E-state index contributed by atoms with van der Waals surface area (Å²) >= 11 is 0. The first kappa shape index (κ1) is 19.8. The lowest BCUT2D eigenvalue weighted by Crippen LogP contribution is -2.44. The van der Waals surface area contributed by atoms with Crippen LogP contribution in [0.1, 0.15) is 18.1 Å². The van der Waals surface area contributed by atoms with Crippen LogP contribution < -0.4 is 10.2 Å². The van der Waals surface area contributed by atoms with Crippen molar-refractivity contribution in [3.8, 4) is 6.07 Å². The standard InChI is InChI=1S/C22H20N4O3/c1-3-13-25(18-7-5-4-6-8-18)19(27)15-26-20(28)22(2,24-21(26)29)17-11-9-16(14-23)10-12-17/h3-12H,1,13,15H2,2H3,(H,24,29). The van der Waals surface area contributed by atoms with E-state index in [4.69, 9.17) is 5.26 Å². The molecule has 0 aromatic heterocycles. The monoisotopic (exact) mass is 388 g/mol. The average Bonchev–Trinajstić information content (AvgIpc) is 2.96. The minimum absolute atomic E-state index is 0.249. The van der Waals surface area contributed by atoms with Gasteiger partial charge in [-0.05, 0) is 36.8 Å². The molecule has 0 saturated carbocycles. The molecule has 1 aliphatic heterocycles. The van der Waals surface area contributed by atoms with Gasteiger partial charge < -0.3 is 10.2 Å². The molecule has 1 fully saturated rings. The molecule has 1 saturated heterocycles. The summed E-state index contributed by atoms with van der Waals surface area (Å²) in [7, 11) is 0. The number of anilines is 1. The number of nitrogens with zero attached hydrogens (tertiary/aromatic N) is 3. The van der Waals surface area contributed by atoms with E-state index in [1.807, 2.05) is 12.1 Å². The summed E-state index contributed by atoms with van der Waals surface area (Å²) in [6.07, 6.45) is 1.58. The first-order valence-corrected chi connectivity index (χ1v) is 9.01. The third kappa shape index (κ3) is 3.73. The Kier molecular flexibility index (Phi) is 5.46. The molecule has 7 nitrogen and oxygen atoms in total. The van der Waals surface area contributed by atoms with Gasteiger partial charge in [-0.1, -0.05) is 36.4 Å². The fourth-order valence-electron chi connectivity index (χ4n) is 3.22. The second-order valence-electron chi connectivity index (χ2n) is 6.76. The van der Waals surface area contributed by atoms with Crippen molar-refractivity contribution >= 4 is 23.5 Å². The second-order valence-corrected chi connectivity index (χ2v) is 6.76. The van der Waals surface area contributed by atoms with Gasteiger partial charge in [-0.3, -0.25) is 14.5 Å². The van der Waals surface area contributed by atoms with Gasteiger partial charge in [-0.25, -0.2) is 4.79 Å². The van der Waals surface area contributed by atoms with Crippen LogP contribution >= 0.6 is 0 Å². The van der Waals surface area contributed by atoms with E-state index in [1.165, 1.54) is 4.90 Å². The molecular formula is C22H20N4O3. The van der Waals surface area contributed by atoms with Crippen LogP contribution in [0.2, 0.25) is 0 Å². The molecule has 1 aliphatic rings. The van der Waals surface area contributed by atoms with E-state index in [-0.39, 0.29) is 13.1 Å². The highest BCUT2D eigenvalue weighted by atomic mass is 16.2. The molecular weight excluding hydrogens is 368 g/mol. The number of imide groups is 1. The Morgan fingerprint density at radius 3 is 2.45 bits per heavy atom. The van der Waals surface area contributed by atoms with Crippen molar-refractivity contribution in [3.63, 3.8) is 0 Å². The van der Waals surface area contributed by atoms with E-state index in [2.05, 4.69) is 11.9 Å². The lowest BCUT2D eigenvalue weighted by molar-refractivity contribution is -0.134. The van der Waals surface area contributed by atoms with Crippen LogP contribution in [0.5, 0.6) is 0 Å². The number of carbonyl (C=O) groups is 3. The van der Waals surface area contributed by atoms with Crippen LogP contribution in [0.3, 0.4) is 0 Å². The summed E-state index contributed by atoms with van der Waals surface area (Å²) in [5.74, 6) is -0.921. The normalized spacial score (nSPS) is 18.1. The molecule has 1 atom stereocenters. The first-order chi connectivity index (χ1) is 13.9. The topological polar surface area (TPSA) is 93.5 Å². The Labute approximate surface area is 168 Å². The van der Waals surface area contributed by atoms with Gasteiger partial charge in [0.15, 0.2) is 0 Å². The molecule has 1 unspecified atom stereocenters. The third-order valence-electron chi connectivity index (χ3n) is 4.84. The Morgan fingerprint density at radius 1 is 1.21 bits per heavy atom. The van der Waals surface area contributed by atoms with E-state index in [1.54, 1.807) is 61.5 Å². The van der Waals surface area contributed by atoms with Gasteiger partial charge in [0, 0.05) is 12.2 Å². The van der Waals surface area contributed by atoms with Gasteiger partial charge in [-0.2, -0.15) is 5.26 Å². The molecule has 7 heteroatoms. The van der Waals surface area contributed by atoms with Crippen LogP contribution in [0, 0.1) is 11.3 Å². The number of amides is 4. The van der Waals surface area contributed by atoms with Crippen molar-refractivity contribution in [1.29, 1.82) is 5.26 Å². The number of para-hydroxylation sites is 1. The molecule has 1 heterocycles. The van der Waals surface area contributed by atoms with Crippen molar-refractivity contribution in [2.75, 3.05) is 18.0 Å². The summed E-state index contributed by atoms with van der Waals surface area (Å²) < 4.78 is 0. The molecule has 0 bridgehead atoms. The quantitative estimate of drug-likeness (QED) is 0.608. The van der Waals surface area contributed by atoms with Crippen molar-refractivity contribution < 1.29 is 14.4 Å². The zero-order valence-electron chi connectivity index (χ0n) is 16.0. The number of benzene rings is 2. The van der Waals surface area contributed by atoms with Crippen LogP contribution in [0.25, 0.3) is 0 Å². The first-order valence-electron chi connectivity index (χ1n) is 9.01. The van der Waals surface area contributed by atoms with Crippen LogP contribution in [0.4, 0.5) is 10.5 Å². The summed E-state index contributed by atoms with van der Waals surface area (Å²) in [5.41, 5.74) is 0.334. The van der Waals surface area contributed by atoms with E-state index < -0.39 is 23.4 Å². The van der Waals surface area contributed by atoms with Gasteiger partial charge >= 0.3 is 6.03 Å². The zero-order chi connectivity index (χ0) is 21.0. The van der Waals surface area contributed by atoms with Crippen molar-refractivity contribution in [2.24, 2.45) is 0 Å². The Hall–Kier alpha value is -3.92. The van der Waals surface area contributed by atoms with Gasteiger partial charge in [0.05, 0.1) is 11.6 Å². The minimum atomic E-state index is -1.30. The summed E-state index contributed by atoms with van der Waals surface area (Å²) in [4.78, 5) is 40.8. The van der Waals surface area contributed by atoms with Crippen molar-refractivity contribution in [3.05, 3.63) is 78.4 Å². The highest BCUT2D eigenvalue weighted by Crippen LogP contribution is 2.29. The van der Waals surface area contributed by atoms with Gasteiger partial charge in [0.2, 0.25) is 5.91 Å². The Balaban J connectivity index is 1.83. The Morgan fingerprint density at radius 2 is 1.86 bits per heavy atom. The second kappa shape index (κ2) is 7.98. The van der Waals surface area contributed by atoms with Gasteiger partial charge in [0.1, 0.15) is 12.1 Å². The van der Waals surface area contributed by atoms with Crippen LogP contribution in [-0.4, -0.2) is 35.8 Å². The number of nitriles is 1. The summed E-state index contributed by atoms with van der Waals surface area (Å²) in [5, 5.41) is 11.6. The van der Waals surface area contributed by atoms with Gasteiger partial charge in [0.25, 0.3) is 5.91 Å². The number of hydrogen-bond donors (Lipinski definition) is 1. The van der Waals surface area contributed by atoms with E-state index in [0.29, 0.717) is 16.8 Å². The average molecular weight is 388 g/mol. The maximum Gasteiger partial charge on any atom is 0.325 e. The number of carbonyl (C=O) groups excluding carboxylic acids is 3. The predicted octanol–water partition coefficient (Wildman–Crippen LogP) is 2.54. The summed E-state index contributed by atoms with van der Waals surface area (Å²) in [6.45, 7) is 5.11. The largest absolute Gasteiger partial charge is 0.325 e. The highest BCUT2D eigenvalue weighted by Gasteiger charge is 2.49. The van der Waals surface area contributed by atoms with Crippen molar-refractivity contribution in [1.82, 2.24) is 10.2 Å². The molecule has 3 rings (SSSR count). The molecule has 2 aromatic carbocycles. The van der Waals surface area contributed by atoms with Crippen LogP contribution in [-0.2, 0) is 15.1 Å².